The SMILES string of the molecule is C[Si](C)(C)CCOCOOC(=O)c1cc(I)c(O)c(I)c1. The second-order valence-corrected chi connectivity index (χ2v) is 13.6. The summed E-state index contributed by atoms with van der Waals surface area (Å²) < 4.78 is 6.42. The molecule has 0 radical (unpaired) electrons. The molecule has 0 aliphatic heterocycles. The Morgan fingerprint density at radius 2 is 1.81 bits per heavy atom. The number of rotatable bonds is 7. The van der Waals surface area contributed by atoms with Crippen molar-refractivity contribution in [2.24, 2.45) is 0 Å². The third-order valence-electron chi connectivity index (χ3n) is 2.52. The summed E-state index contributed by atoms with van der Waals surface area (Å²) in [5.74, 6) is -0.456. The molecule has 0 saturated carbocycles. The van der Waals surface area contributed by atoms with Gasteiger partial charge >= 0.3 is 5.97 Å². The van der Waals surface area contributed by atoms with E-state index >= 15 is 0 Å². The molecule has 1 N–H and O–H groups in total. The first-order valence-corrected chi connectivity index (χ1v) is 12.2. The molecule has 5 nitrogen and oxygen atoms in total. The minimum Gasteiger partial charge on any atom is -0.506 e. The van der Waals surface area contributed by atoms with Crippen molar-refractivity contribution in [3.63, 3.8) is 0 Å². The van der Waals surface area contributed by atoms with Crippen molar-refractivity contribution < 1.29 is 24.4 Å². The summed E-state index contributed by atoms with van der Waals surface area (Å²) in [6.07, 6.45) is 0. The molecule has 118 valence electrons. The maximum absolute atomic E-state index is 11.8. The maximum atomic E-state index is 11.8. The lowest BCUT2D eigenvalue weighted by atomic mass is 10.2. The Morgan fingerprint density at radius 3 is 2.33 bits per heavy atom. The number of carbonyl (C=O) groups is 1. The lowest BCUT2D eigenvalue weighted by Gasteiger charge is -2.14. The van der Waals surface area contributed by atoms with Crippen LogP contribution in [0.2, 0.25) is 25.7 Å². The molecule has 1 rings (SSSR count). The summed E-state index contributed by atoms with van der Waals surface area (Å²) in [4.78, 5) is 21.2. The van der Waals surface area contributed by atoms with Crippen molar-refractivity contribution in [1.29, 1.82) is 0 Å². The van der Waals surface area contributed by atoms with E-state index in [-0.39, 0.29) is 12.5 Å². The zero-order valence-corrected chi connectivity index (χ0v) is 17.4. The fourth-order valence-corrected chi connectivity index (χ4v) is 3.81. The Bertz CT molecular complexity index is 479. The van der Waals surface area contributed by atoms with Crippen molar-refractivity contribution in [3.05, 3.63) is 24.8 Å². The van der Waals surface area contributed by atoms with E-state index in [1.54, 1.807) is 0 Å². The summed E-state index contributed by atoms with van der Waals surface area (Å²) in [7, 11) is -1.12. The quantitative estimate of drug-likeness (QED) is 0.143. The molecule has 0 spiro atoms. The van der Waals surface area contributed by atoms with E-state index < -0.39 is 14.0 Å². The van der Waals surface area contributed by atoms with E-state index in [0.717, 1.165) is 6.04 Å². The largest absolute Gasteiger partial charge is 0.506 e. The van der Waals surface area contributed by atoms with Gasteiger partial charge in [-0.25, -0.2) is 4.79 Å². The van der Waals surface area contributed by atoms with Gasteiger partial charge < -0.3 is 9.84 Å². The summed E-state index contributed by atoms with van der Waals surface area (Å²) in [6.45, 7) is 7.28. The first-order valence-electron chi connectivity index (χ1n) is 6.30. The third-order valence-corrected chi connectivity index (χ3v) is 5.86. The van der Waals surface area contributed by atoms with Crippen molar-refractivity contribution in [2.75, 3.05) is 13.4 Å². The van der Waals surface area contributed by atoms with Crippen LogP contribution in [-0.2, 0) is 14.5 Å². The van der Waals surface area contributed by atoms with Crippen LogP contribution in [0, 0.1) is 7.14 Å². The van der Waals surface area contributed by atoms with Crippen LogP contribution >= 0.6 is 45.2 Å². The van der Waals surface area contributed by atoms with Crippen LogP contribution in [0.3, 0.4) is 0 Å². The highest BCUT2D eigenvalue weighted by molar-refractivity contribution is 14.1. The van der Waals surface area contributed by atoms with E-state index in [4.69, 9.17) is 9.62 Å². The molecule has 0 bridgehead atoms. The summed E-state index contributed by atoms with van der Waals surface area (Å²) in [5.41, 5.74) is 0.323. The molecular formula is C13H18I2O5Si. The second kappa shape index (κ2) is 8.65. The zero-order valence-electron chi connectivity index (χ0n) is 12.1. The van der Waals surface area contributed by atoms with Gasteiger partial charge in [0.05, 0.1) is 12.7 Å². The van der Waals surface area contributed by atoms with Crippen LogP contribution in [0.4, 0.5) is 0 Å². The highest BCUT2D eigenvalue weighted by Gasteiger charge is 2.14. The van der Waals surface area contributed by atoms with Gasteiger partial charge in [-0.05, 0) is 63.4 Å². The van der Waals surface area contributed by atoms with E-state index in [2.05, 4.69) is 24.5 Å². The predicted molar refractivity (Wildman–Crippen MR) is 99.0 cm³/mol. The number of ether oxygens (including phenoxy) is 1. The van der Waals surface area contributed by atoms with Crippen LogP contribution in [0.15, 0.2) is 12.1 Å². The topological polar surface area (TPSA) is 65.0 Å². The number of benzene rings is 1. The zero-order chi connectivity index (χ0) is 16.0. The first kappa shape index (κ1) is 19.1. The highest BCUT2D eigenvalue weighted by Crippen LogP contribution is 2.27. The molecule has 0 fully saturated rings. The van der Waals surface area contributed by atoms with Crippen molar-refractivity contribution in [1.82, 2.24) is 0 Å². The van der Waals surface area contributed by atoms with Crippen molar-refractivity contribution >= 4 is 59.2 Å². The Kier molecular flexibility index (Phi) is 7.88. The van der Waals surface area contributed by atoms with Crippen LogP contribution in [0.1, 0.15) is 10.4 Å². The van der Waals surface area contributed by atoms with Crippen molar-refractivity contribution in [2.45, 2.75) is 25.7 Å². The van der Waals surface area contributed by atoms with Crippen molar-refractivity contribution in [3.8, 4) is 5.75 Å². The number of hydrogen-bond donors (Lipinski definition) is 1. The molecule has 1 aromatic carbocycles. The molecule has 8 heteroatoms. The average molecular weight is 536 g/mol. The molecule has 0 saturated heterocycles. The molecule has 0 aliphatic rings. The van der Waals surface area contributed by atoms with E-state index in [0.29, 0.717) is 19.3 Å². The van der Waals surface area contributed by atoms with Crippen LogP contribution in [0.25, 0.3) is 0 Å². The second-order valence-electron chi connectivity index (χ2n) is 5.61. The highest BCUT2D eigenvalue weighted by atomic mass is 127. The number of hydrogen-bond acceptors (Lipinski definition) is 5. The molecule has 0 unspecified atom stereocenters. The van der Waals surface area contributed by atoms with E-state index in [1.165, 1.54) is 12.1 Å². The van der Waals surface area contributed by atoms with Gasteiger partial charge in [0.25, 0.3) is 0 Å². The number of carbonyl (C=O) groups excluding carboxylic acids is 1. The van der Waals surface area contributed by atoms with Gasteiger partial charge in [-0.2, -0.15) is 4.89 Å². The molecular weight excluding hydrogens is 518 g/mol. The number of aromatic hydroxyl groups is 1. The first-order chi connectivity index (χ1) is 9.70. The normalized spacial score (nSPS) is 11.5. The van der Waals surface area contributed by atoms with Gasteiger partial charge in [0, 0.05) is 14.7 Å². The molecule has 21 heavy (non-hydrogen) atoms. The Hall–Kier alpha value is 0.0869. The maximum Gasteiger partial charge on any atom is 0.373 e. The lowest BCUT2D eigenvalue weighted by molar-refractivity contribution is -0.290. The minimum atomic E-state index is -1.12. The van der Waals surface area contributed by atoms with Gasteiger partial charge in [-0.3, -0.25) is 4.89 Å². The van der Waals surface area contributed by atoms with Gasteiger partial charge in [0.1, 0.15) is 5.75 Å². The average Bonchev–Trinajstić information content (AvgIpc) is 2.37. The van der Waals surface area contributed by atoms with Gasteiger partial charge in [-0.15, -0.1) is 0 Å². The Balaban J connectivity index is 2.35. The molecule has 0 heterocycles. The smallest absolute Gasteiger partial charge is 0.373 e. The number of phenolic OH excluding ortho intramolecular Hbond substituents is 1. The molecule has 0 aliphatic carbocycles. The Morgan fingerprint density at radius 1 is 1.24 bits per heavy atom. The summed E-state index contributed by atoms with van der Waals surface area (Å²) in [5, 5.41) is 9.64. The standard InChI is InChI=1S/C13H18I2O5Si/c1-21(2,3)5-4-18-8-19-20-13(17)9-6-10(14)12(16)11(15)7-9/h6-7,16H,4-5,8H2,1-3H3. The minimum absolute atomic E-state index is 0.0809. The third kappa shape index (κ3) is 7.26. The van der Waals surface area contributed by atoms with Gasteiger partial charge in [-0.1, -0.05) is 19.6 Å². The monoisotopic (exact) mass is 536 g/mol. The van der Waals surface area contributed by atoms with Crippen LogP contribution in [0.5, 0.6) is 5.75 Å². The van der Waals surface area contributed by atoms with Gasteiger partial charge in [0.15, 0.2) is 6.79 Å². The summed E-state index contributed by atoms with van der Waals surface area (Å²) >= 11 is 3.90. The van der Waals surface area contributed by atoms with Gasteiger partial charge in [0.2, 0.25) is 0 Å². The number of phenols is 1. The summed E-state index contributed by atoms with van der Waals surface area (Å²) in [6, 6.07) is 4.10. The van der Waals surface area contributed by atoms with Crippen LogP contribution < -0.4 is 0 Å². The molecule has 0 atom stereocenters. The van der Waals surface area contributed by atoms with E-state index in [1.807, 2.05) is 45.2 Å². The van der Waals surface area contributed by atoms with Crippen LogP contribution in [-0.4, -0.2) is 32.5 Å². The molecule has 0 amide bonds. The molecule has 0 aromatic heterocycles. The molecule has 1 aromatic rings. The predicted octanol–water partition coefficient (Wildman–Crippen LogP) is 4.00. The number of halogens is 2. The lowest BCUT2D eigenvalue weighted by Crippen LogP contribution is -2.22. The Labute approximate surface area is 152 Å². The fraction of sp³-hybridized carbons (Fsp3) is 0.462. The fourth-order valence-electron chi connectivity index (χ4n) is 1.28. The van der Waals surface area contributed by atoms with E-state index in [9.17, 15) is 9.90 Å².